The first-order chi connectivity index (χ1) is 8.15. The quantitative estimate of drug-likeness (QED) is 0.690. The van der Waals surface area contributed by atoms with Crippen LogP contribution in [0, 0.1) is 0 Å². The molecule has 2 atom stereocenters. The summed E-state index contributed by atoms with van der Waals surface area (Å²) in [5.41, 5.74) is 0.756. The van der Waals surface area contributed by atoms with Crippen molar-refractivity contribution >= 4 is 11.9 Å². The van der Waals surface area contributed by atoms with E-state index in [2.05, 4.69) is 6.58 Å². The van der Waals surface area contributed by atoms with E-state index in [-0.39, 0.29) is 24.0 Å². The number of hydrogen-bond acceptors (Lipinski definition) is 3. The van der Waals surface area contributed by atoms with Crippen LogP contribution in [0.25, 0.3) is 0 Å². The second kappa shape index (κ2) is 4.73. The molecule has 0 N–H and O–H groups in total. The fourth-order valence-corrected chi connectivity index (χ4v) is 2.83. The molecule has 0 aromatic carbocycles. The Balaban J connectivity index is 2.27. The molecule has 0 aromatic heterocycles. The highest BCUT2D eigenvalue weighted by Crippen LogP contribution is 2.35. The van der Waals surface area contributed by atoms with Crippen LogP contribution < -0.4 is 0 Å². The van der Waals surface area contributed by atoms with Crippen LogP contribution in [0.2, 0.25) is 0 Å². The molecular formula is C13H17NO3. The predicted octanol–water partition coefficient (Wildman–Crippen LogP) is 2.41. The van der Waals surface area contributed by atoms with Crippen molar-refractivity contribution in [1.82, 2.24) is 4.90 Å². The third kappa shape index (κ3) is 2.12. The molecule has 2 aliphatic heterocycles. The topological polar surface area (TPSA) is 46.6 Å². The molecule has 1 saturated heterocycles. The Kier molecular flexibility index (Phi) is 3.31. The second-order valence-corrected chi connectivity index (χ2v) is 4.50. The minimum absolute atomic E-state index is 0.0500. The van der Waals surface area contributed by atoms with Gasteiger partial charge in [0.05, 0.1) is 12.3 Å². The number of nitrogens with zero attached hydrogens (tertiary/aromatic N) is 1. The highest BCUT2D eigenvalue weighted by Gasteiger charge is 2.41. The van der Waals surface area contributed by atoms with Gasteiger partial charge in [0.2, 0.25) is 0 Å². The van der Waals surface area contributed by atoms with E-state index in [0.717, 1.165) is 37.5 Å². The standard InChI is InChI=1S/C13H17NO3/c1-3-17-13(16)14-10-5-4-6-11(9(2)15)12(14)8-7-10/h3,6,10,12H,1,4-5,7-8H2,2H3. The Morgan fingerprint density at radius 1 is 1.47 bits per heavy atom. The molecule has 2 unspecified atom stereocenters. The van der Waals surface area contributed by atoms with Crippen LogP contribution in [-0.4, -0.2) is 28.9 Å². The molecule has 1 fully saturated rings. The third-order valence-corrected chi connectivity index (χ3v) is 3.53. The Morgan fingerprint density at radius 3 is 2.88 bits per heavy atom. The van der Waals surface area contributed by atoms with Crippen molar-refractivity contribution in [2.45, 2.75) is 44.7 Å². The number of ether oxygens (including phenoxy) is 1. The fourth-order valence-electron chi connectivity index (χ4n) is 2.83. The number of rotatable bonds is 2. The van der Waals surface area contributed by atoms with Crippen LogP contribution in [0.15, 0.2) is 24.5 Å². The summed E-state index contributed by atoms with van der Waals surface area (Å²) in [5.74, 6) is 0.0500. The Hall–Kier alpha value is -1.58. The minimum Gasteiger partial charge on any atom is -0.419 e. The molecule has 0 spiro atoms. The summed E-state index contributed by atoms with van der Waals surface area (Å²) in [6, 6.07) is 0.0907. The zero-order valence-corrected chi connectivity index (χ0v) is 10.0. The smallest absolute Gasteiger partial charge is 0.415 e. The lowest BCUT2D eigenvalue weighted by atomic mass is 9.97. The van der Waals surface area contributed by atoms with Crippen LogP contribution in [-0.2, 0) is 9.53 Å². The van der Waals surface area contributed by atoms with Gasteiger partial charge in [-0.3, -0.25) is 9.69 Å². The van der Waals surface area contributed by atoms with Gasteiger partial charge in [-0.15, -0.1) is 0 Å². The molecule has 1 amide bonds. The average Bonchev–Trinajstić information content (AvgIpc) is 2.54. The SMILES string of the molecule is C=COC(=O)N1C2CCC=C(C(C)=O)C1CC2. The number of carbonyl (C=O) groups excluding carboxylic acids is 2. The van der Waals surface area contributed by atoms with Gasteiger partial charge in [0.1, 0.15) is 0 Å². The van der Waals surface area contributed by atoms with Crippen molar-refractivity contribution in [2.75, 3.05) is 0 Å². The average molecular weight is 235 g/mol. The van der Waals surface area contributed by atoms with Crippen molar-refractivity contribution in [3.63, 3.8) is 0 Å². The molecule has 4 nitrogen and oxygen atoms in total. The van der Waals surface area contributed by atoms with E-state index in [9.17, 15) is 9.59 Å². The molecule has 17 heavy (non-hydrogen) atoms. The van der Waals surface area contributed by atoms with Gasteiger partial charge in [-0.1, -0.05) is 12.7 Å². The lowest BCUT2D eigenvalue weighted by Gasteiger charge is -2.27. The van der Waals surface area contributed by atoms with E-state index < -0.39 is 0 Å². The Bertz CT molecular complexity index is 386. The highest BCUT2D eigenvalue weighted by atomic mass is 16.5. The predicted molar refractivity (Wildman–Crippen MR) is 63.3 cm³/mol. The maximum atomic E-state index is 11.9. The number of hydrogen-bond donors (Lipinski definition) is 0. The molecule has 2 rings (SSSR count). The van der Waals surface area contributed by atoms with E-state index in [1.165, 1.54) is 0 Å². The Labute approximate surface area is 101 Å². The molecule has 2 bridgehead atoms. The summed E-state index contributed by atoms with van der Waals surface area (Å²) in [4.78, 5) is 25.2. The van der Waals surface area contributed by atoms with Gasteiger partial charge in [0.25, 0.3) is 0 Å². The summed E-state index contributed by atoms with van der Waals surface area (Å²) >= 11 is 0. The van der Waals surface area contributed by atoms with E-state index in [0.29, 0.717) is 0 Å². The van der Waals surface area contributed by atoms with Crippen LogP contribution in [0.5, 0.6) is 0 Å². The lowest BCUT2D eigenvalue weighted by Crippen LogP contribution is -2.41. The number of ketones is 1. The minimum atomic E-state index is -0.387. The first-order valence-corrected chi connectivity index (χ1v) is 5.96. The molecule has 0 radical (unpaired) electrons. The van der Waals surface area contributed by atoms with Gasteiger partial charge in [-0.2, -0.15) is 0 Å². The number of carbonyl (C=O) groups is 2. The van der Waals surface area contributed by atoms with Crippen molar-refractivity contribution in [2.24, 2.45) is 0 Å². The molecule has 4 heteroatoms. The summed E-state index contributed by atoms with van der Waals surface area (Å²) in [6.07, 6.45) is 6.28. The molecule has 0 aliphatic carbocycles. The van der Waals surface area contributed by atoms with Crippen molar-refractivity contribution in [3.05, 3.63) is 24.5 Å². The van der Waals surface area contributed by atoms with E-state index in [1.807, 2.05) is 6.08 Å². The molecule has 2 aliphatic rings. The maximum absolute atomic E-state index is 11.9. The molecule has 2 heterocycles. The zero-order valence-electron chi connectivity index (χ0n) is 10.0. The third-order valence-electron chi connectivity index (χ3n) is 3.53. The van der Waals surface area contributed by atoms with Gasteiger partial charge in [0.15, 0.2) is 5.78 Å². The molecular weight excluding hydrogens is 218 g/mol. The van der Waals surface area contributed by atoms with Crippen molar-refractivity contribution < 1.29 is 14.3 Å². The van der Waals surface area contributed by atoms with Crippen molar-refractivity contribution in [3.8, 4) is 0 Å². The largest absolute Gasteiger partial charge is 0.419 e. The van der Waals surface area contributed by atoms with Gasteiger partial charge in [-0.05, 0) is 32.6 Å². The van der Waals surface area contributed by atoms with Crippen LogP contribution in [0.1, 0.15) is 32.6 Å². The number of Topliss-reactive ketones (excluding diaryl/α,β-unsaturated/α-hetero) is 1. The molecule has 0 aromatic rings. The second-order valence-electron chi connectivity index (χ2n) is 4.50. The maximum Gasteiger partial charge on any atom is 0.415 e. The summed E-state index contributed by atoms with van der Waals surface area (Å²) < 4.78 is 4.86. The van der Waals surface area contributed by atoms with E-state index in [4.69, 9.17) is 4.74 Å². The monoisotopic (exact) mass is 235 g/mol. The normalized spacial score (nSPS) is 27.1. The first kappa shape index (κ1) is 11.9. The number of fused-ring (bicyclic) bond motifs is 2. The molecule has 92 valence electrons. The summed E-state index contributed by atoms with van der Waals surface area (Å²) in [7, 11) is 0. The fraction of sp³-hybridized carbons (Fsp3) is 0.538. The van der Waals surface area contributed by atoms with Gasteiger partial charge >= 0.3 is 6.09 Å². The lowest BCUT2D eigenvalue weighted by molar-refractivity contribution is -0.114. The van der Waals surface area contributed by atoms with E-state index >= 15 is 0 Å². The van der Waals surface area contributed by atoms with Gasteiger partial charge < -0.3 is 4.74 Å². The first-order valence-electron chi connectivity index (χ1n) is 5.96. The Morgan fingerprint density at radius 2 is 2.24 bits per heavy atom. The summed E-state index contributed by atoms with van der Waals surface area (Å²) in [6.45, 7) is 4.95. The van der Waals surface area contributed by atoms with Crippen LogP contribution >= 0.6 is 0 Å². The number of amides is 1. The van der Waals surface area contributed by atoms with Gasteiger partial charge in [0, 0.05) is 11.6 Å². The zero-order chi connectivity index (χ0) is 12.4. The van der Waals surface area contributed by atoms with Crippen LogP contribution in [0.4, 0.5) is 4.79 Å². The van der Waals surface area contributed by atoms with Crippen molar-refractivity contribution in [1.29, 1.82) is 0 Å². The van der Waals surface area contributed by atoms with Crippen LogP contribution in [0.3, 0.4) is 0 Å². The van der Waals surface area contributed by atoms with E-state index in [1.54, 1.807) is 11.8 Å². The molecule has 0 saturated carbocycles. The summed E-state index contributed by atoms with van der Waals surface area (Å²) in [5, 5.41) is 0. The highest BCUT2D eigenvalue weighted by molar-refractivity contribution is 5.95. The van der Waals surface area contributed by atoms with Gasteiger partial charge in [-0.25, -0.2) is 4.79 Å². The number of allylic oxidation sites excluding steroid dienone is 1.